The van der Waals surface area contributed by atoms with Gasteiger partial charge in [-0.3, -0.25) is 4.79 Å². The molecule has 1 fully saturated rings. The number of carboxylic acids is 1. The first-order valence-corrected chi connectivity index (χ1v) is 6.27. The van der Waals surface area contributed by atoms with Crippen molar-refractivity contribution in [1.82, 2.24) is 0 Å². The van der Waals surface area contributed by atoms with E-state index < -0.39 is 5.97 Å². The summed E-state index contributed by atoms with van der Waals surface area (Å²) in [5.41, 5.74) is 1.03. The molecule has 98 valence electrons. The number of hydrogen-bond donors (Lipinski definition) is 1. The molecule has 1 N–H and O–H groups in total. The van der Waals surface area contributed by atoms with Gasteiger partial charge in [-0.1, -0.05) is 17.7 Å². The van der Waals surface area contributed by atoms with Crippen molar-refractivity contribution in [3.05, 3.63) is 28.8 Å². The van der Waals surface area contributed by atoms with Crippen LogP contribution in [0.5, 0.6) is 5.75 Å². The highest BCUT2D eigenvalue weighted by Crippen LogP contribution is 2.28. The van der Waals surface area contributed by atoms with Crippen molar-refractivity contribution in [2.75, 3.05) is 13.2 Å². The standard InChI is InChI=1S/C13H15ClO4/c14-11-6-9(2-1-3-13(15)16)4-5-12(11)18-10-7-17-8-10/h4-6,10H,1-3,7-8H2,(H,15,16). The van der Waals surface area contributed by atoms with Crippen molar-refractivity contribution < 1.29 is 19.4 Å². The van der Waals surface area contributed by atoms with Crippen molar-refractivity contribution in [2.24, 2.45) is 0 Å². The number of benzene rings is 1. The van der Waals surface area contributed by atoms with Gasteiger partial charge >= 0.3 is 5.97 Å². The van der Waals surface area contributed by atoms with Crippen LogP contribution in [0.3, 0.4) is 0 Å². The number of aryl methyl sites for hydroxylation is 1. The van der Waals surface area contributed by atoms with Crippen molar-refractivity contribution in [3.63, 3.8) is 0 Å². The molecule has 0 radical (unpaired) electrons. The molecule has 0 amide bonds. The van der Waals surface area contributed by atoms with E-state index in [0.29, 0.717) is 36.8 Å². The van der Waals surface area contributed by atoms with Gasteiger partial charge in [-0.25, -0.2) is 0 Å². The normalized spacial score (nSPS) is 15.2. The lowest BCUT2D eigenvalue weighted by molar-refractivity contribution is -0.137. The second-order valence-electron chi connectivity index (χ2n) is 4.29. The Hall–Kier alpha value is -1.26. The van der Waals surface area contributed by atoms with Gasteiger partial charge in [-0.2, -0.15) is 0 Å². The van der Waals surface area contributed by atoms with Crippen LogP contribution in [-0.2, 0) is 16.0 Å². The summed E-state index contributed by atoms with van der Waals surface area (Å²) in [4.78, 5) is 10.4. The Morgan fingerprint density at radius 2 is 2.28 bits per heavy atom. The predicted molar refractivity (Wildman–Crippen MR) is 67.3 cm³/mol. The van der Waals surface area contributed by atoms with Gasteiger partial charge in [-0.05, 0) is 30.5 Å². The van der Waals surface area contributed by atoms with Crippen molar-refractivity contribution in [1.29, 1.82) is 0 Å². The van der Waals surface area contributed by atoms with Gasteiger partial charge in [0.05, 0.1) is 18.2 Å². The summed E-state index contributed by atoms with van der Waals surface area (Å²) in [5.74, 6) is -0.113. The molecule has 5 heteroatoms. The maximum atomic E-state index is 10.4. The Labute approximate surface area is 110 Å². The number of ether oxygens (including phenoxy) is 2. The van der Waals surface area contributed by atoms with Gasteiger partial charge in [0.25, 0.3) is 0 Å². The third kappa shape index (κ3) is 3.62. The number of aliphatic carboxylic acids is 1. The second kappa shape index (κ2) is 6.07. The molecular weight excluding hydrogens is 256 g/mol. The minimum atomic E-state index is -0.772. The van der Waals surface area contributed by atoms with Gasteiger partial charge in [0.2, 0.25) is 0 Å². The van der Waals surface area contributed by atoms with Crippen LogP contribution in [0.2, 0.25) is 5.02 Å². The first-order chi connectivity index (χ1) is 8.65. The molecule has 0 aromatic heterocycles. The molecule has 2 rings (SSSR count). The van der Waals surface area contributed by atoms with Crippen molar-refractivity contribution >= 4 is 17.6 Å². The molecule has 1 saturated heterocycles. The maximum Gasteiger partial charge on any atom is 0.303 e. The average molecular weight is 271 g/mol. The van der Waals surface area contributed by atoms with Crippen LogP contribution >= 0.6 is 11.6 Å². The summed E-state index contributed by atoms with van der Waals surface area (Å²) in [6, 6.07) is 5.58. The Kier molecular flexibility index (Phi) is 4.44. The van der Waals surface area contributed by atoms with Gasteiger partial charge in [-0.15, -0.1) is 0 Å². The third-order valence-electron chi connectivity index (χ3n) is 2.75. The van der Waals surface area contributed by atoms with E-state index in [1.54, 1.807) is 0 Å². The predicted octanol–water partition coefficient (Wildman–Crippen LogP) is 2.52. The van der Waals surface area contributed by atoms with Crippen LogP contribution in [0.25, 0.3) is 0 Å². The average Bonchev–Trinajstić information content (AvgIpc) is 2.25. The number of hydrogen-bond acceptors (Lipinski definition) is 3. The lowest BCUT2D eigenvalue weighted by atomic mass is 10.1. The van der Waals surface area contributed by atoms with Crippen molar-refractivity contribution in [3.8, 4) is 5.75 Å². The third-order valence-corrected chi connectivity index (χ3v) is 3.05. The Morgan fingerprint density at radius 1 is 1.50 bits per heavy atom. The molecule has 0 aliphatic carbocycles. The fraction of sp³-hybridized carbons (Fsp3) is 0.462. The monoisotopic (exact) mass is 270 g/mol. The van der Waals surface area contributed by atoms with Gasteiger partial charge in [0.15, 0.2) is 0 Å². The summed E-state index contributed by atoms with van der Waals surface area (Å²) >= 11 is 6.11. The fourth-order valence-corrected chi connectivity index (χ4v) is 1.95. The van der Waals surface area contributed by atoms with E-state index in [4.69, 9.17) is 26.2 Å². The smallest absolute Gasteiger partial charge is 0.303 e. The molecule has 0 atom stereocenters. The van der Waals surface area contributed by atoms with E-state index in [9.17, 15) is 4.79 Å². The first kappa shape index (κ1) is 13.2. The van der Waals surface area contributed by atoms with Crippen LogP contribution in [-0.4, -0.2) is 30.4 Å². The molecule has 0 spiro atoms. The van der Waals surface area contributed by atoms with Gasteiger partial charge in [0.1, 0.15) is 11.9 Å². The van der Waals surface area contributed by atoms with E-state index >= 15 is 0 Å². The summed E-state index contributed by atoms with van der Waals surface area (Å²) in [5, 5.41) is 9.13. The molecule has 1 heterocycles. The Balaban J connectivity index is 1.89. The lowest BCUT2D eigenvalue weighted by Crippen LogP contribution is -2.38. The minimum absolute atomic E-state index is 0.0976. The first-order valence-electron chi connectivity index (χ1n) is 5.90. The molecular formula is C13H15ClO4. The van der Waals surface area contributed by atoms with Gasteiger partial charge < -0.3 is 14.6 Å². The van der Waals surface area contributed by atoms with E-state index in [1.165, 1.54) is 0 Å². The molecule has 4 nitrogen and oxygen atoms in total. The van der Waals surface area contributed by atoms with Crippen LogP contribution in [0.1, 0.15) is 18.4 Å². The molecule has 0 bridgehead atoms. The lowest BCUT2D eigenvalue weighted by Gasteiger charge is -2.27. The van der Waals surface area contributed by atoms with E-state index in [1.807, 2.05) is 18.2 Å². The summed E-state index contributed by atoms with van der Waals surface area (Å²) in [6.45, 7) is 1.22. The molecule has 18 heavy (non-hydrogen) atoms. The van der Waals surface area contributed by atoms with E-state index in [2.05, 4.69) is 0 Å². The number of carbonyl (C=O) groups is 1. The zero-order valence-electron chi connectivity index (χ0n) is 9.89. The van der Waals surface area contributed by atoms with E-state index in [0.717, 1.165) is 5.56 Å². The summed E-state index contributed by atoms with van der Waals surface area (Å²) in [7, 11) is 0. The molecule has 1 aromatic carbocycles. The molecule has 1 aliphatic heterocycles. The highest BCUT2D eigenvalue weighted by atomic mass is 35.5. The quantitative estimate of drug-likeness (QED) is 0.863. The fourth-order valence-electron chi connectivity index (χ4n) is 1.70. The highest BCUT2D eigenvalue weighted by Gasteiger charge is 2.21. The largest absolute Gasteiger partial charge is 0.484 e. The summed E-state index contributed by atoms with van der Waals surface area (Å²) in [6.07, 6.45) is 1.59. The maximum absolute atomic E-state index is 10.4. The number of rotatable bonds is 6. The molecule has 1 aliphatic rings. The Bertz CT molecular complexity index is 429. The van der Waals surface area contributed by atoms with Crippen molar-refractivity contribution in [2.45, 2.75) is 25.4 Å². The number of carboxylic acid groups (broad SMARTS) is 1. The summed E-state index contributed by atoms with van der Waals surface area (Å²) < 4.78 is 10.7. The zero-order valence-corrected chi connectivity index (χ0v) is 10.7. The molecule has 0 saturated carbocycles. The number of halogens is 1. The van der Waals surface area contributed by atoms with E-state index in [-0.39, 0.29) is 12.5 Å². The Morgan fingerprint density at radius 3 is 2.83 bits per heavy atom. The molecule has 0 unspecified atom stereocenters. The van der Waals surface area contributed by atoms with Crippen LogP contribution in [0.15, 0.2) is 18.2 Å². The van der Waals surface area contributed by atoms with Crippen LogP contribution in [0, 0.1) is 0 Å². The topological polar surface area (TPSA) is 55.8 Å². The zero-order chi connectivity index (χ0) is 13.0. The SMILES string of the molecule is O=C(O)CCCc1ccc(OC2COC2)c(Cl)c1. The second-order valence-corrected chi connectivity index (χ2v) is 4.70. The van der Waals surface area contributed by atoms with Crippen LogP contribution in [0.4, 0.5) is 0 Å². The minimum Gasteiger partial charge on any atom is -0.484 e. The van der Waals surface area contributed by atoms with Crippen LogP contribution < -0.4 is 4.74 Å². The van der Waals surface area contributed by atoms with Gasteiger partial charge in [0, 0.05) is 6.42 Å². The highest BCUT2D eigenvalue weighted by molar-refractivity contribution is 6.32. The molecule has 1 aromatic rings.